The molecule has 0 radical (unpaired) electrons. The number of nitrogens with one attached hydrogen (secondary N) is 2. The highest BCUT2D eigenvalue weighted by molar-refractivity contribution is 9.10. The molecule has 3 rings (SSSR count). The molecule has 0 heterocycles. The Labute approximate surface area is 178 Å². The molecule has 0 aliphatic carbocycles. The van der Waals surface area contributed by atoms with Gasteiger partial charge in [0.15, 0.2) is 0 Å². The number of nitrogens with zero attached hydrogens (tertiary/aromatic N) is 1. The molecule has 0 spiro atoms. The van der Waals surface area contributed by atoms with E-state index in [1.165, 1.54) is 0 Å². The van der Waals surface area contributed by atoms with Gasteiger partial charge in [0.2, 0.25) is 5.91 Å². The zero-order valence-electron chi connectivity index (χ0n) is 15.6. The first kappa shape index (κ1) is 20.5. The van der Waals surface area contributed by atoms with Gasteiger partial charge in [-0.15, -0.1) is 0 Å². The van der Waals surface area contributed by atoms with Crippen molar-refractivity contribution in [1.82, 2.24) is 10.7 Å². The van der Waals surface area contributed by atoms with Gasteiger partial charge in [-0.05, 0) is 35.4 Å². The number of hydrogen-bond donors (Lipinski definition) is 2. The first-order valence-electron chi connectivity index (χ1n) is 9.10. The third-order valence-electron chi connectivity index (χ3n) is 4.18. The molecular weight excluding hydrogens is 430 g/mol. The number of amides is 2. The van der Waals surface area contributed by atoms with Gasteiger partial charge in [-0.2, -0.15) is 5.10 Å². The molecular formula is C23H20BrN3O2. The summed E-state index contributed by atoms with van der Waals surface area (Å²) in [5.41, 5.74) is 4.78. The number of carbonyl (C=O) groups excluding carboxylic acids is 2. The molecule has 6 heteroatoms. The maximum Gasteiger partial charge on any atom is 0.251 e. The van der Waals surface area contributed by atoms with Crippen molar-refractivity contribution in [3.63, 3.8) is 0 Å². The van der Waals surface area contributed by atoms with Crippen LogP contribution in [-0.2, 0) is 4.79 Å². The molecule has 0 saturated carbocycles. The van der Waals surface area contributed by atoms with Crippen molar-refractivity contribution in [2.45, 2.75) is 12.5 Å². The van der Waals surface area contributed by atoms with Crippen molar-refractivity contribution in [3.05, 3.63) is 106 Å². The highest BCUT2D eigenvalue weighted by Gasteiger charge is 2.19. The Kier molecular flexibility index (Phi) is 7.30. The minimum atomic E-state index is -0.468. The summed E-state index contributed by atoms with van der Waals surface area (Å²) in [6.45, 7) is 0. The van der Waals surface area contributed by atoms with E-state index in [4.69, 9.17) is 0 Å². The van der Waals surface area contributed by atoms with E-state index >= 15 is 0 Å². The molecule has 3 aromatic rings. The Bertz CT molecular complexity index is 991. The number of hydrogen-bond acceptors (Lipinski definition) is 3. The van der Waals surface area contributed by atoms with Gasteiger partial charge in [-0.1, -0.05) is 76.6 Å². The fourth-order valence-electron chi connectivity index (χ4n) is 2.77. The maximum atomic E-state index is 12.6. The summed E-state index contributed by atoms with van der Waals surface area (Å²) in [7, 11) is 0. The van der Waals surface area contributed by atoms with Gasteiger partial charge in [0.05, 0.1) is 18.7 Å². The second-order valence-electron chi connectivity index (χ2n) is 6.36. The maximum absolute atomic E-state index is 12.6. The largest absolute Gasteiger partial charge is 0.345 e. The Hall–Kier alpha value is -3.25. The Morgan fingerprint density at radius 1 is 0.931 bits per heavy atom. The highest BCUT2D eigenvalue weighted by atomic mass is 79.9. The topological polar surface area (TPSA) is 70.6 Å². The van der Waals surface area contributed by atoms with Crippen molar-refractivity contribution >= 4 is 34.0 Å². The van der Waals surface area contributed by atoms with Crippen LogP contribution in [0.3, 0.4) is 0 Å². The predicted octanol–water partition coefficient (Wildman–Crippen LogP) is 4.46. The number of rotatable bonds is 7. The summed E-state index contributed by atoms with van der Waals surface area (Å²) in [4.78, 5) is 25.0. The van der Waals surface area contributed by atoms with Crippen molar-refractivity contribution in [1.29, 1.82) is 0 Å². The lowest BCUT2D eigenvalue weighted by atomic mass is 10.0. The molecule has 0 aliphatic heterocycles. The van der Waals surface area contributed by atoms with Crippen molar-refractivity contribution < 1.29 is 9.59 Å². The van der Waals surface area contributed by atoms with E-state index < -0.39 is 6.04 Å². The number of carbonyl (C=O) groups is 2. The van der Waals surface area contributed by atoms with E-state index in [0.29, 0.717) is 5.56 Å². The first-order chi connectivity index (χ1) is 14.1. The lowest BCUT2D eigenvalue weighted by Crippen LogP contribution is -2.32. The molecule has 5 nitrogen and oxygen atoms in total. The lowest BCUT2D eigenvalue weighted by Gasteiger charge is -2.18. The van der Waals surface area contributed by atoms with Crippen LogP contribution in [0, 0.1) is 0 Å². The standard InChI is InChI=1S/C23H20BrN3O2/c24-20-13-7-8-17(14-20)16-25-27-22(28)15-21(18-9-3-1-4-10-18)26-23(29)19-11-5-2-6-12-19/h1-14,16,21H,15H2,(H,26,29)(H,27,28)/b25-16-/t21-/m0/s1. The monoisotopic (exact) mass is 449 g/mol. The summed E-state index contributed by atoms with van der Waals surface area (Å²) in [6.07, 6.45) is 1.64. The van der Waals surface area contributed by atoms with Crippen LogP contribution < -0.4 is 10.7 Å². The minimum Gasteiger partial charge on any atom is -0.345 e. The van der Waals surface area contributed by atoms with Crippen LogP contribution in [0.1, 0.15) is 33.9 Å². The van der Waals surface area contributed by atoms with E-state index in [9.17, 15) is 9.59 Å². The predicted molar refractivity (Wildman–Crippen MR) is 118 cm³/mol. The molecule has 0 aromatic heterocycles. The van der Waals surface area contributed by atoms with Gasteiger partial charge in [0.25, 0.3) is 5.91 Å². The molecule has 146 valence electrons. The second-order valence-corrected chi connectivity index (χ2v) is 7.27. The second kappa shape index (κ2) is 10.3. The molecule has 0 unspecified atom stereocenters. The van der Waals surface area contributed by atoms with Crippen molar-refractivity contribution in [3.8, 4) is 0 Å². The van der Waals surface area contributed by atoms with Gasteiger partial charge in [-0.3, -0.25) is 9.59 Å². The highest BCUT2D eigenvalue weighted by Crippen LogP contribution is 2.17. The number of hydrazone groups is 1. The zero-order valence-corrected chi connectivity index (χ0v) is 17.2. The third kappa shape index (κ3) is 6.40. The van der Waals surface area contributed by atoms with Gasteiger partial charge < -0.3 is 5.32 Å². The van der Waals surface area contributed by atoms with Crippen LogP contribution in [0.4, 0.5) is 0 Å². The van der Waals surface area contributed by atoms with Gasteiger partial charge in [0, 0.05) is 10.0 Å². The van der Waals surface area contributed by atoms with Crippen LogP contribution in [0.25, 0.3) is 0 Å². The van der Waals surface area contributed by atoms with E-state index in [1.54, 1.807) is 30.5 Å². The summed E-state index contributed by atoms with van der Waals surface area (Å²) in [5, 5.41) is 6.95. The van der Waals surface area contributed by atoms with Gasteiger partial charge in [-0.25, -0.2) is 5.43 Å². The molecule has 0 aliphatic rings. The summed E-state index contributed by atoms with van der Waals surface area (Å²) in [6, 6.07) is 25.4. The van der Waals surface area contributed by atoms with E-state index in [-0.39, 0.29) is 18.2 Å². The van der Waals surface area contributed by atoms with Crippen LogP contribution >= 0.6 is 15.9 Å². The molecule has 29 heavy (non-hydrogen) atoms. The molecule has 0 bridgehead atoms. The lowest BCUT2D eigenvalue weighted by molar-refractivity contribution is -0.121. The van der Waals surface area contributed by atoms with E-state index in [1.807, 2.05) is 60.7 Å². The fourth-order valence-corrected chi connectivity index (χ4v) is 3.18. The summed E-state index contributed by atoms with van der Waals surface area (Å²) in [5.74, 6) is -0.525. The average Bonchev–Trinajstić information content (AvgIpc) is 2.74. The van der Waals surface area contributed by atoms with Crippen LogP contribution in [-0.4, -0.2) is 18.0 Å². The molecule has 0 saturated heterocycles. The normalized spacial score (nSPS) is 11.8. The van der Waals surface area contributed by atoms with Gasteiger partial charge >= 0.3 is 0 Å². The minimum absolute atomic E-state index is 0.0679. The Morgan fingerprint density at radius 2 is 1.62 bits per heavy atom. The van der Waals surface area contributed by atoms with E-state index in [2.05, 4.69) is 31.8 Å². The van der Waals surface area contributed by atoms with Crippen LogP contribution in [0.2, 0.25) is 0 Å². The van der Waals surface area contributed by atoms with Gasteiger partial charge in [0.1, 0.15) is 0 Å². The SMILES string of the molecule is O=C(C[C@H](NC(=O)c1ccccc1)c1ccccc1)N/N=C\c1cccc(Br)c1. The first-order valence-corrected chi connectivity index (χ1v) is 9.89. The van der Waals surface area contributed by atoms with Crippen LogP contribution in [0.5, 0.6) is 0 Å². The molecule has 0 fully saturated rings. The number of benzene rings is 3. The Morgan fingerprint density at radius 3 is 2.31 bits per heavy atom. The summed E-state index contributed by atoms with van der Waals surface area (Å²) < 4.78 is 0.931. The van der Waals surface area contributed by atoms with Crippen LogP contribution in [0.15, 0.2) is 94.5 Å². The smallest absolute Gasteiger partial charge is 0.251 e. The molecule has 3 aromatic carbocycles. The number of halogens is 1. The van der Waals surface area contributed by atoms with E-state index in [0.717, 1.165) is 15.6 Å². The fraction of sp³-hybridized carbons (Fsp3) is 0.0870. The molecule has 2 amide bonds. The third-order valence-corrected chi connectivity index (χ3v) is 4.68. The molecule has 2 N–H and O–H groups in total. The average molecular weight is 450 g/mol. The van der Waals surface area contributed by atoms with Crippen molar-refractivity contribution in [2.75, 3.05) is 0 Å². The summed E-state index contributed by atoms with van der Waals surface area (Å²) >= 11 is 3.39. The van der Waals surface area contributed by atoms with Crippen molar-refractivity contribution in [2.24, 2.45) is 5.10 Å². The Balaban J connectivity index is 1.66. The zero-order chi connectivity index (χ0) is 20.5. The molecule has 1 atom stereocenters. The quantitative estimate of drug-likeness (QED) is 0.412.